The molecular formula is C13H17IN2O. The molecule has 3 nitrogen and oxygen atoms in total. The van der Waals surface area contributed by atoms with E-state index in [1.807, 2.05) is 18.3 Å². The number of benzene rings is 1. The van der Waals surface area contributed by atoms with Gasteiger partial charge in [0.1, 0.15) is 6.54 Å². The molecule has 0 aliphatic heterocycles. The molecule has 0 fully saturated rings. The Bertz CT molecular complexity index is 526. The fourth-order valence-electron chi connectivity index (χ4n) is 1.98. The maximum atomic E-state index is 10.9. The first-order valence-corrected chi connectivity index (χ1v) is 5.36. The minimum atomic E-state index is 0. The summed E-state index contributed by atoms with van der Waals surface area (Å²) in [5.41, 5.74) is 2.93. The van der Waals surface area contributed by atoms with Crippen molar-refractivity contribution < 1.29 is 33.3 Å². The molecule has 0 radical (unpaired) electrons. The highest BCUT2D eigenvalue weighted by molar-refractivity contribution is 5.97. The number of fused-ring (bicyclic) bond motifs is 1. The van der Waals surface area contributed by atoms with Gasteiger partial charge in [0.25, 0.3) is 0 Å². The van der Waals surface area contributed by atoms with Crippen molar-refractivity contribution in [2.75, 3.05) is 21.1 Å². The number of aromatic nitrogens is 1. The minimum Gasteiger partial charge on any atom is -1.00 e. The monoisotopic (exact) mass is 344 g/mol. The van der Waals surface area contributed by atoms with E-state index in [4.69, 9.17) is 0 Å². The molecule has 0 spiro atoms. The molecule has 0 aliphatic carbocycles. The van der Waals surface area contributed by atoms with Gasteiger partial charge in [-0.15, -0.1) is 0 Å². The number of nitrogens with zero attached hydrogens (tertiary/aromatic N) is 1. The molecule has 1 N–H and O–H groups in total. The van der Waals surface area contributed by atoms with Crippen molar-refractivity contribution in [1.29, 1.82) is 0 Å². The third-order valence-corrected chi connectivity index (χ3v) is 2.61. The number of quaternary nitrogens is 1. The Hall–Kier alpha value is -0.880. The molecule has 0 amide bonds. The van der Waals surface area contributed by atoms with Crippen molar-refractivity contribution in [2.24, 2.45) is 0 Å². The van der Waals surface area contributed by atoms with Gasteiger partial charge in [-0.1, -0.05) is 12.1 Å². The predicted octanol–water partition coefficient (Wildman–Crippen LogP) is -0.809. The van der Waals surface area contributed by atoms with Crippen molar-refractivity contribution in [3.63, 3.8) is 0 Å². The van der Waals surface area contributed by atoms with E-state index in [-0.39, 0.29) is 24.0 Å². The predicted molar refractivity (Wildman–Crippen MR) is 65.4 cm³/mol. The van der Waals surface area contributed by atoms with E-state index in [1.54, 1.807) is 0 Å². The third kappa shape index (κ3) is 3.07. The van der Waals surface area contributed by atoms with Gasteiger partial charge in [0, 0.05) is 22.7 Å². The van der Waals surface area contributed by atoms with E-state index in [1.165, 1.54) is 5.56 Å². The lowest BCUT2D eigenvalue weighted by Gasteiger charge is -2.23. The quantitative estimate of drug-likeness (QED) is 0.441. The number of aromatic amines is 1. The van der Waals surface area contributed by atoms with Crippen LogP contribution >= 0.6 is 0 Å². The Kier molecular flexibility index (Phi) is 4.32. The highest BCUT2D eigenvalue weighted by Gasteiger charge is 2.13. The Balaban J connectivity index is 0.00000144. The Morgan fingerprint density at radius 2 is 2.00 bits per heavy atom. The molecule has 0 unspecified atom stereocenters. The number of halogens is 1. The molecule has 0 bridgehead atoms. The molecule has 1 aromatic heterocycles. The first kappa shape index (κ1) is 14.2. The van der Waals surface area contributed by atoms with Gasteiger partial charge in [-0.3, -0.25) is 4.79 Å². The lowest BCUT2D eigenvalue weighted by Crippen LogP contribution is -3.00. The van der Waals surface area contributed by atoms with Gasteiger partial charge in [-0.2, -0.15) is 0 Å². The molecule has 2 aromatic rings. The summed E-state index contributed by atoms with van der Waals surface area (Å²) in [6.07, 6.45) is 2.90. The molecule has 1 aromatic carbocycles. The number of hydrogen-bond donors (Lipinski definition) is 1. The number of rotatable bonds is 3. The molecule has 0 atom stereocenters. The van der Waals surface area contributed by atoms with Crippen molar-refractivity contribution in [2.45, 2.75) is 6.54 Å². The van der Waals surface area contributed by atoms with Gasteiger partial charge in [-0.25, -0.2) is 0 Å². The van der Waals surface area contributed by atoms with Crippen LogP contribution in [0.3, 0.4) is 0 Å². The van der Waals surface area contributed by atoms with Gasteiger partial charge in [-0.05, 0) is 6.07 Å². The second-order valence-corrected chi connectivity index (χ2v) is 5.15. The van der Waals surface area contributed by atoms with Crippen LogP contribution in [0.25, 0.3) is 10.9 Å². The number of nitrogens with one attached hydrogen (secondary N) is 1. The third-order valence-electron chi connectivity index (χ3n) is 2.61. The zero-order chi connectivity index (χ0) is 11.8. The number of carbonyl (C=O) groups is 1. The maximum absolute atomic E-state index is 10.9. The average molecular weight is 344 g/mol. The first-order chi connectivity index (χ1) is 7.51. The van der Waals surface area contributed by atoms with Crippen molar-refractivity contribution in [1.82, 2.24) is 4.98 Å². The zero-order valence-electron chi connectivity index (χ0n) is 10.3. The summed E-state index contributed by atoms with van der Waals surface area (Å²) in [6, 6.07) is 5.82. The fourth-order valence-corrected chi connectivity index (χ4v) is 1.98. The molecule has 1 heterocycles. The summed E-state index contributed by atoms with van der Waals surface area (Å²) >= 11 is 0. The van der Waals surface area contributed by atoms with Crippen LogP contribution in [-0.4, -0.2) is 36.9 Å². The lowest BCUT2D eigenvalue weighted by atomic mass is 10.1. The topological polar surface area (TPSA) is 32.9 Å². The van der Waals surface area contributed by atoms with Crippen LogP contribution in [0.2, 0.25) is 0 Å². The molecule has 2 rings (SSSR count). The van der Waals surface area contributed by atoms with Crippen molar-refractivity contribution >= 4 is 17.2 Å². The van der Waals surface area contributed by atoms with E-state index in [0.717, 1.165) is 33.8 Å². The van der Waals surface area contributed by atoms with Gasteiger partial charge in [0.2, 0.25) is 0 Å². The molecule has 92 valence electrons. The highest BCUT2D eigenvalue weighted by atomic mass is 127. The molecule has 0 aliphatic rings. The molecule has 0 saturated carbocycles. The number of aldehydes is 1. The van der Waals surface area contributed by atoms with Crippen LogP contribution in [0, 0.1) is 0 Å². The lowest BCUT2D eigenvalue weighted by molar-refractivity contribution is -0.883. The maximum Gasteiger partial charge on any atom is 0.152 e. The van der Waals surface area contributed by atoms with Crippen LogP contribution in [0.4, 0.5) is 0 Å². The van der Waals surface area contributed by atoms with Crippen LogP contribution in [-0.2, 0) is 6.54 Å². The first-order valence-electron chi connectivity index (χ1n) is 5.36. The van der Waals surface area contributed by atoms with Gasteiger partial charge >= 0.3 is 0 Å². The summed E-state index contributed by atoms with van der Waals surface area (Å²) in [6.45, 7) is 0.947. The van der Waals surface area contributed by atoms with Crippen molar-refractivity contribution in [3.8, 4) is 0 Å². The number of carbonyl (C=O) groups excluding carboxylic acids is 1. The highest BCUT2D eigenvalue weighted by Crippen LogP contribution is 2.22. The van der Waals surface area contributed by atoms with Crippen LogP contribution in [0.5, 0.6) is 0 Å². The largest absolute Gasteiger partial charge is 1.00 e. The molecule has 17 heavy (non-hydrogen) atoms. The average Bonchev–Trinajstić information content (AvgIpc) is 2.59. The van der Waals surface area contributed by atoms with Crippen molar-refractivity contribution in [3.05, 3.63) is 35.5 Å². The summed E-state index contributed by atoms with van der Waals surface area (Å²) in [5.74, 6) is 0. The van der Waals surface area contributed by atoms with Gasteiger partial charge in [0.05, 0.1) is 26.7 Å². The van der Waals surface area contributed by atoms with Gasteiger partial charge < -0.3 is 33.4 Å². The van der Waals surface area contributed by atoms with E-state index in [2.05, 4.69) is 32.2 Å². The number of H-pyrrole nitrogens is 1. The SMILES string of the molecule is C[N+](C)(C)Cc1c[nH]c2c(C=O)cccc12.[I-]. The second kappa shape index (κ2) is 5.18. The molecule has 0 saturated heterocycles. The summed E-state index contributed by atoms with van der Waals surface area (Å²) in [5, 5.41) is 1.15. The Morgan fingerprint density at radius 1 is 1.29 bits per heavy atom. The Labute approximate surface area is 118 Å². The molecule has 4 heteroatoms. The summed E-state index contributed by atoms with van der Waals surface area (Å²) < 4.78 is 0.873. The summed E-state index contributed by atoms with van der Waals surface area (Å²) in [4.78, 5) is 14.1. The van der Waals surface area contributed by atoms with E-state index >= 15 is 0 Å². The van der Waals surface area contributed by atoms with Crippen LogP contribution < -0.4 is 24.0 Å². The Morgan fingerprint density at radius 3 is 2.59 bits per heavy atom. The minimum absolute atomic E-state index is 0. The van der Waals surface area contributed by atoms with Crippen LogP contribution in [0.15, 0.2) is 24.4 Å². The molecular weight excluding hydrogens is 327 g/mol. The second-order valence-electron chi connectivity index (χ2n) is 5.15. The number of para-hydroxylation sites is 1. The van der Waals surface area contributed by atoms with E-state index < -0.39 is 0 Å². The van der Waals surface area contributed by atoms with Gasteiger partial charge in [0.15, 0.2) is 6.29 Å². The van der Waals surface area contributed by atoms with Crippen LogP contribution in [0.1, 0.15) is 15.9 Å². The standard InChI is InChI=1S/C13H16N2O.HI/c1-15(2,3)8-11-7-14-13-10(9-16)5-4-6-12(11)13;/h4-7,9H,8H2,1-3H3;1H. The zero-order valence-corrected chi connectivity index (χ0v) is 12.5. The fraction of sp³-hybridized carbons (Fsp3) is 0.308. The smallest absolute Gasteiger partial charge is 0.152 e. The summed E-state index contributed by atoms with van der Waals surface area (Å²) in [7, 11) is 6.47. The van der Waals surface area contributed by atoms with E-state index in [0.29, 0.717) is 0 Å². The number of hydrogen-bond acceptors (Lipinski definition) is 1. The normalized spacial score (nSPS) is 11.2. The van der Waals surface area contributed by atoms with E-state index in [9.17, 15) is 4.79 Å².